The van der Waals surface area contributed by atoms with Gasteiger partial charge in [-0.1, -0.05) is 24.6 Å². The van der Waals surface area contributed by atoms with E-state index in [9.17, 15) is 5.11 Å². The molecule has 2 N–H and O–H groups in total. The summed E-state index contributed by atoms with van der Waals surface area (Å²) in [6.45, 7) is 6.70. The van der Waals surface area contributed by atoms with Gasteiger partial charge in [-0.05, 0) is 57.1 Å². The Kier molecular flexibility index (Phi) is 5.04. The van der Waals surface area contributed by atoms with Crippen molar-refractivity contribution in [3.05, 3.63) is 29.8 Å². The second-order valence-corrected chi connectivity index (χ2v) is 7.16. The molecule has 1 aromatic rings. The predicted molar refractivity (Wildman–Crippen MR) is 92.4 cm³/mol. The van der Waals surface area contributed by atoms with Gasteiger partial charge < -0.3 is 15.3 Å². The topological polar surface area (TPSA) is 35.5 Å². The zero-order valence-corrected chi connectivity index (χ0v) is 14.0. The normalized spacial score (nSPS) is 27.5. The molecule has 0 amide bonds. The monoisotopic (exact) mass is 302 g/mol. The Bertz CT molecular complexity index is 459. The van der Waals surface area contributed by atoms with E-state index in [-0.39, 0.29) is 6.10 Å². The lowest BCUT2D eigenvalue weighted by molar-refractivity contribution is 0.0209. The van der Waals surface area contributed by atoms with Gasteiger partial charge in [-0.2, -0.15) is 0 Å². The molecule has 0 radical (unpaired) electrons. The summed E-state index contributed by atoms with van der Waals surface area (Å²) in [5.74, 6) is 0.690. The molecule has 0 spiro atoms. The minimum atomic E-state index is -0.0377. The van der Waals surface area contributed by atoms with Crippen molar-refractivity contribution >= 4 is 5.69 Å². The number of nitrogens with one attached hydrogen (secondary N) is 1. The van der Waals surface area contributed by atoms with Gasteiger partial charge in [0.2, 0.25) is 0 Å². The van der Waals surface area contributed by atoms with E-state index in [2.05, 4.69) is 48.3 Å². The first kappa shape index (κ1) is 15.8. The van der Waals surface area contributed by atoms with Crippen LogP contribution in [0.15, 0.2) is 24.3 Å². The summed E-state index contributed by atoms with van der Waals surface area (Å²) >= 11 is 0. The molecule has 0 unspecified atom stereocenters. The first-order chi connectivity index (χ1) is 10.7. The van der Waals surface area contributed by atoms with Crippen LogP contribution < -0.4 is 10.2 Å². The predicted octanol–water partition coefficient (Wildman–Crippen LogP) is 3.10. The molecule has 2 fully saturated rings. The standard InChI is InChI=1S/C19H30N2O/c1-3-19(15-12-18(22)13-15)20-16-8-10-21(11-9-16)17-6-4-14(2)5-7-17/h4-7,15-16,18-20,22H,3,8-13H2,1-2H3/t15?,18?,19-/m1/s1. The highest BCUT2D eigenvalue weighted by Gasteiger charge is 2.34. The highest BCUT2D eigenvalue weighted by molar-refractivity contribution is 5.47. The molecule has 0 aromatic heterocycles. The van der Waals surface area contributed by atoms with Crippen molar-refractivity contribution < 1.29 is 5.11 Å². The van der Waals surface area contributed by atoms with Gasteiger partial charge >= 0.3 is 0 Å². The van der Waals surface area contributed by atoms with Gasteiger partial charge in [-0.3, -0.25) is 0 Å². The molecule has 3 heteroatoms. The van der Waals surface area contributed by atoms with Crippen LogP contribution in [-0.2, 0) is 0 Å². The number of aryl methyl sites for hydroxylation is 1. The maximum atomic E-state index is 9.51. The summed E-state index contributed by atoms with van der Waals surface area (Å²) in [7, 11) is 0. The van der Waals surface area contributed by atoms with Crippen LogP contribution in [0.1, 0.15) is 44.6 Å². The van der Waals surface area contributed by atoms with E-state index >= 15 is 0 Å². The van der Waals surface area contributed by atoms with Crippen LogP contribution in [0, 0.1) is 12.8 Å². The van der Waals surface area contributed by atoms with E-state index in [1.54, 1.807) is 0 Å². The molecule has 1 aliphatic heterocycles. The van der Waals surface area contributed by atoms with Gasteiger partial charge in [0, 0.05) is 30.9 Å². The largest absolute Gasteiger partial charge is 0.393 e. The Hall–Kier alpha value is -1.06. The number of hydrogen-bond donors (Lipinski definition) is 2. The van der Waals surface area contributed by atoms with E-state index in [0.717, 1.165) is 25.9 Å². The summed E-state index contributed by atoms with van der Waals surface area (Å²) in [4.78, 5) is 2.51. The number of piperidine rings is 1. The van der Waals surface area contributed by atoms with Gasteiger partial charge in [-0.25, -0.2) is 0 Å². The molecular weight excluding hydrogens is 272 g/mol. The van der Waals surface area contributed by atoms with E-state index < -0.39 is 0 Å². The van der Waals surface area contributed by atoms with Crippen molar-refractivity contribution in [1.29, 1.82) is 0 Å². The number of nitrogens with zero attached hydrogens (tertiary/aromatic N) is 1. The first-order valence-electron chi connectivity index (χ1n) is 8.91. The van der Waals surface area contributed by atoms with Crippen LogP contribution in [-0.4, -0.2) is 36.4 Å². The van der Waals surface area contributed by atoms with E-state index in [0.29, 0.717) is 18.0 Å². The van der Waals surface area contributed by atoms with Crippen molar-refractivity contribution in [2.45, 2.75) is 64.1 Å². The minimum absolute atomic E-state index is 0.0377. The van der Waals surface area contributed by atoms with Crippen LogP contribution in [0.2, 0.25) is 0 Å². The number of aliphatic hydroxyl groups is 1. The summed E-state index contributed by atoms with van der Waals surface area (Å²) in [6, 6.07) is 10.1. The van der Waals surface area contributed by atoms with Crippen LogP contribution in [0.5, 0.6) is 0 Å². The maximum absolute atomic E-state index is 9.51. The summed E-state index contributed by atoms with van der Waals surface area (Å²) in [5.41, 5.74) is 2.69. The lowest BCUT2D eigenvalue weighted by Crippen LogP contribution is -2.51. The van der Waals surface area contributed by atoms with Gasteiger partial charge in [0.05, 0.1) is 6.10 Å². The van der Waals surface area contributed by atoms with Crippen LogP contribution in [0.4, 0.5) is 5.69 Å². The van der Waals surface area contributed by atoms with Gasteiger partial charge in [-0.15, -0.1) is 0 Å². The Morgan fingerprint density at radius 1 is 1.18 bits per heavy atom. The van der Waals surface area contributed by atoms with Crippen molar-refractivity contribution in [1.82, 2.24) is 5.32 Å². The molecule has 22 heavy (non-hydrogen) atoms. The molecular formula is C19H30N2O. The summed E-state index contributed by atoms with van der Waals surface area (Å²) < 4.78 is 0. The lowest BCUT2D eigenvalue weighted by atomic mass is 9.76. The average molecular weight is 302 g/mol. The van der Waals surface area contributed by atoms with Gasteiger partial charge in [0.25, 0.3) is 0 Å². The lowest BCUT2D eigenvalue weighted by Gasteiger charge is -2.41. The minimum Gasteiger partial charge on any atom is -0.393 e. The second-order valence-electron chi connectivity index (χ2n) is 7.16. The molecule has 0 bridgehead atoms. The fourth-order valence-electron chi connectivity index (χ4n) is 3.91. The maximum Gasteiger partial charge on any atom is 0.0546 e. The summed E-state index contributed by atoms with van der Waals surface area (Å²) in [6.07, 6.45) is 5.57. The number of benzene rings is 1. The molecule has 2 aliphatic rings. The zero-order valence-electron chi connectivity index (χ0n) is 14.0. The number of hydrogen-bond acceptors (Lipinski definition) is 3. The highest BCUT2D eigenvalue weighted by Crippen LogP contribution is 2.32. The average Bonchev–Trinajstić information content (AvgIpc) is 2.51. The van der Waals surface area contributed by atoms with Crippen molar-refractivity contribution in [2.75, 3.05) is 18.0 Å². The molecule has 1 saturated heterocycles. The second kappa shape index (κ2) is 7.01. The van der Waals surface area contributed by atoms with E-state index in [1.165, 1.54) is 30.5 Å². The Morgan fingerprint density at radius 3 is 2.36 bits per heavy atom. The third-order valence-electron chi connectivity index (χ3n) is 5.50. The Balaban J connectivity index is 1.48. The molecule has 122 valence electrons. The van der Waals surface area contributed by atoms with E-state index in [4.69, 9.17) is 0 Å². The van der Waals surface area contributed by atoms with Crippen LogP contribution in [0.25, 0.3) is 0 Å². The smallest absolute Gasteiger partial charge is 0.0546 e. The van der Waals surface area contributed by atoms with Gasteiger partial charge in [0.1, 0.15) is 0 Å². The fraction of sp³-hybridized carbons (Fsp3) is 0.684. The molecule has 1 aliphatic carbocycles. The van der Waals surface area contributed by atoms with Gasteiger partial charge in [0.15, 0.2) is 0 Å². The fourth-order valence-corrected chi connectivity index (χ4v) is 3.91. The van der Waals surface area contributed by atoms with Crippen molar-refractivity contribution in [3.8, 4) is 0 Å². The van der Waals surface area contributed by atoms with E-state index in [1.807, 2.05) is 0 Å². The quantitative estimate of drug-likeness (QED) is 0.877. The first-order valence-corrected chi connectivity index (χ1v) is 8.91. The molecule has 3 nitrogen and oxygen atoms in total. The van der Waals surface area contributed by atoms with Crippen LogP contribution in [0.3, 0.4) is 0 Å². The Morgan fingerprint density at radius 2 is 1.82 bits per heavy atom. The Labute approximate surface area is 134 Å². The summed E-state index contributed by atoms with van der Waals surface area (Å²) in [5, 5.41) is 13.4. The zero-order chi connectivity index (χ0) is 15.5. The third-order valence-corrected chi connectivity index (χ3v) is 5.50. The van der Waals surface area contributed by atoms with Crippen molar-refractivity contribution in [2.24, 2.45) is 5.92 Å². The number of rotatable bonds is 5. The highest BCUT2D eigenvalue weighted by atomic mass is 16.3. The van der Waals surface area contributed by atoms with Crippen molar-refractivity contribution in [3.63, 3.8) is 0 Å². The molecule has 1 heterocycles. The molecule has 3 rings (SSSR count). The SMILES string of the molecule is CC[C@@H](NC1CCN(c2ccc(C)cc2)CC1)C1CC(O)C1. The molecule has 1 saturated carbocycles. The third kappa shape index (κ3) is 3.64. The number of aliphatic hydroxyl groups excluding tert-OH is 1. The molecule has 1 aromatic carbocycles. The van der Waals surface area contributed by atoms with Crippen LogP contribution >= 0.6 is 0 Å². The molecule has 1 atom stereocenters. The number of anilines is 1.